The van der Waals surface area contributed by atoms with Gasteiger partial charge in [0.1, 0.15) is 12.3 Å². The molecule has 7 heteroatoms. The first-order valence-electron chi connectivity index (χ1n) is 7.91. The molecule has 0 saturated heterocycles. The monoisotopic (exact) mass is 394 g/mol. The summed E-state index contributed by atoms with van der Waals surface area (Å²) in [5.41, 5.74) is 2.62. The maximum absolute atomic E-state index is 12.5. The zero-order valence-corrected chi connectivity index (χ0v) is 16.5. The smallest absolute Gasteiger partial charge is 0.244 e. The van der Waals surface area contributed by atoms with Gasteiger partial charge in [0.25, 0.3) is 0 Å². The van der Waals surface area contributed by atoms with Crippen molar-refractivity contribution in [1.29, 1.82) is 0 Å². The summed E-state index contributed by atoms with van der Waals surface area (Å²) >= 11 is 12.2. The van der Waals surface area contributed by atoms with Crippen LogP contribution in [0.25, 0.3) is 0 Å². The fourth-order valence-corrected chi connectivity index (χ4v) is 2.84. The van der Waals surface area contributed by atoms with E-state index in [2.05, 4.69) is 5.32 Å². The molecular formula is C19H20Cl2N2O3. The van der Waals surface area contributed by atoms with E-state index in [1.165, 1.54) is 18.9 Å². The first kappa shape index (κ1) is 20.1. The number of amides is 2. The first-order chi connectivity index (χ1) is 12.2. The minimum atomic E-state index is -0.361. The summed E-state index contributed by atoms with van der Waals surface area (Å²) in [6.45, 7) is 4.88. The first-order valence-corrected chi connectivity index (χ1v) is 8.67. The summed E-state index contributed by atoms with van der Waals surface area (Å²) in [6.07, 6.45) is 0. The Kier molecular flexibility index (Phi) is 6.51. The standard InChI is InChI=1S/C19H20Cl2N2O3/c1-11-8-16(18(26-4)9-15(11)21)22-19(25)10-23(13(3)24)17-7-5-6-14(20)12(17)2/h5-9H,10H2,1-4H3,(H,22,25). The fourth-order valence-electron chi connectivity index (χ4n) is 2.52. The molecule has 0 bridgehead atoms. The van der Waals surface area contributed by atoms with Crippen molar-refractivity contribution >= 4 is 46.4 Å². The summed E-state index contributed by atoms with van der Waals surface area (Å²) in [5, 5.41) is 3.84. The van der Waals surface area contributed by atoms with Crippen LogP contribution in [0.3, 0.4) is 0 Å². The average Bonchev–Trinajstić information content (AvgIpc) is 2.58. The van der Waals surface area contributed by atoms with Crippen molar-refractivity contribution in [1.82, 2.24) is 0 Å². The van der Waals surface area contributed by atoms with Gasteiger partial charge in [0.2, 0.25) is 11.8 Å². The van der Waals surface area contributed by atoms with Gasteiger partial charge in [0.15, 0.2) is 0 Å². The second-order valence-corrected chi connectivity index (χ2v) is 6.65. The Hall–Kier alpha value is -2.24. The van der Waals surface area contributed by atoms with Gasteiger partial charge < -0.3 is 15.0 Å². The van der Waals surface area contributed by atoms with E-state index in [4.69, 9.17) is 27.9 Å². The highest BCUT2D eigenvalue weighted by Gasteiger charge is 2.19. The molecule has 0 heterocycles. The molecule has 0 aliphatic carbocycles. The number of benzene rings is 2. The van der Waals surface area contributed by atoms with E-state index in [0.717, 1.165) is 11.1 Å². The van der Waals surface area contributed by atoms with Crippen LogP contribution in [0.2, 0.25) is 10.0 Å². The van der Waals surface area contributed by atoms with Gasteiger partial charge in [-0.25, -0.2) is 0 Å². The largest absolute Gasteiger partial charge is 0.495 e. The molecule has 2 aromatic rings. The minimum absolute atomic E-state index is 0.151. The number of ether oxygens (including phenoxy) is 1. The van der Waals surface area contributed by atoms with Gasteiger partial charge in [-0.15, -0.1) is 0 Å². The van der Waals surface area contributed by atoms with Crippen molar-refractivity contribution in [3.8, 4) is 5.75 Å². The van der Waals surface area contributed by atoms with E-state index in [1.807, 2.05) is 6.92 Å². The summed E-state index contributed by atoms with van der Waals surface area (Å²) in [6, 6.07) is 8.59. The van der Waals surface area contributed by atoms with Gasteiger partial charge >= 0.3 is 0 Å². The molecule has 2 rings (SSSR count). The SMILES string of the molecule is COc1cc(Cl)c(C)cc1NC(=O)CN(C(C)=O)c1cccc(Cl)c1C. The fraction of sp³-hybridized carbons (Fsp3) is 0.263. The van der Waals surface area contributed by atoms with Gasteiger partial charge in [0.05, 0.1) is 12.8 Å². The van der Waals surface area contributed by atoms with Gasteiger partial charge in [0, 0.05) is 28.7 Å². The molecule has 0 spiro atoms. The number of nitrogens with one attached hydrogen (secondary N) is 1. The third-order valence-electron chi connectivity index (χ3n) is 3.97. The lowest BCUT2D eigenvalue weighted by molar-refractivity contribution is -0.120. The highest BCUT2D eigenvalue weighted by atomic mass is 35.5. The van der Waals surface area contributed by atoms with E-state index in [-0.39, 0.29) is 18.4 Å². The molecule has 1 N–H and O–H groups in total. The molecule has 26 heavy (non-hydrogen) atoms. The lowest BCUT2D eigenvalue weighted by atomic mass is 10.1. The molecule has 0 radical (unpaired) electrons. The second kappa shape index (κ2) is 8.43. The third kappa shape index (κ3) is 4.48. The van der Waals surface area contributed by atoms with E-state index in [0.29, 0.717) is 27.2 Å². The number of halogens is 2. The van der Waals surface area contributed by atoms with E-state index in [9.17, 15) is 9.59 Å². The molecule has 0 unspecified atom stereocenters. The highest BCUT2D eigenvalue weighted by Crippen LogP contribution is 2.31. The topological polar surface area (TPSA) is 58.6 Å². The Morgan fingerprint density at radius 2 is 1.85 bits per heavy atom. The van der Waals surface area contributed by atoms with Crippen LogP contribution in [0.15, 0.2) is 30.3 Å². The van der Waals surface area contributed by atoms with E-state index in [1.54, 1.807) is 37.3 Å². The quantitative estimate of drug-likeness (QED) is 0.805. The Balaban J connectivity index is 2.26. The average molecular weight is 395 g/mol. The Morgan fingerprint density at radius 3 is 2.46 bits per heavy atom. The molecule has 0 aromatic heterocycles. The van der Waals surface area contributed by atoms with Crippen LogP contribution in [0.1, 0.15) is 18.1 Å². The number of aryl methyl sites for hydroxylation is 1. The molecule has 5 nitrogen and oxygen atoms in total. The van der Waals surface area contributed by atoms with Crippen molar-refractivity contribution in [3.05, 3.63) is 51.5 Å². The van der Waals surface area contributed by atoms with Crippen molar-refractivity contribution in [2.24, 2.45) is 0 Å². The zero-order valence-electron chi connectivity index (χ0n) is 15.0. The molecule has 0 saturated carbocycles. The molecular weight excluding hydrogens is 375 g/mol. The number of hydrogen-bond donors (Lipinski definition) is 1. The zero-order chi connectivity index (χ0) is 19.4. The maximum Gasteiger partial charge on any atom is 0.244 e. The summed E-state index contributed by atoms with van der Waals surface area (Å²) in [7, 11) is 1.49. The number of hydrogen-bond acceptors (Lipinski definition) is 3. The Morgan fingerprint density at radius 1 is 1.15 bits per heavy atom. The molecule has 0 fully saturated rings. The van der Waals surface area contributed by atoms with Gasteiger partial charge in [-0.1, -0.05) is 29.3 Å². The van der Waals surface area contributed by atoms with Gasteiger partial charge in [-0.05, 0) is 43.2 Å². The van der Waals surface area contributed by atoms with Crippen molar-refractivity contribution in [2.75, 3.05) is 23.9 Å². The Labute approximate surface area is 162 Å². The molecule has 0 atom stereocenters. The number of anilines is 2. The highest BCUT2D eigenvalue weighted by molar-refractivity contribution is 6.32. The molecule has 2 amide bonds. The number of methoxy groups -OCH3 is 1. The van der Waals surface area contributed by atoms with Gasteiger partial charge in [-0.2, -0.15) is 0 Å². The lowest BCUT2D eigenvalue weighted by Gasteiger charge is -2.23. The second-order valence-electron chi connectivity index (χ2n) is 5.84. The number of carbonyl (C=O) groups excluding carboxylic acids is 2. The van der Waals surface area contributed by atoms with Crippen molar-refractivity contribution in [3.63, 3.8) is 0 Å². The van der Waals surface area contributed by atoms with E-state index < -0.39 is 0 Å². The lowest BCUT2D eigenvalue weighted by Crippen LogP contribution is -2.37. The molecule has 0 aliphatic heterocycles. The summed E-state index contributed by atoms with van der Waals surface area (Å²) < 4.78 is 5.26. The van der Waals surface area contributed by atoms with Crippen LogP contribution in [-0.2, 0) is 9.59 Å². The van der Waals surface area contributed by atoms with Crippen LogP contribution in [-0.4, -0.2) is 25.5 Å². The van der Waals surface area contributed by atoms with Crippen LogP contribution in [0, 0.1) is 13.8 Å². The maximum atomic E-state index is 12.5. The number of carbonyl (C=O) groups is 2. The number of rotatable bonds is 5. The minimum Gasteiger partial charge on any atom is -0.495 e. The van der Waals surface area contributed by atoms with Crippen molar-refractivity contribution in [2.45, 2.75) is 20.8 Å². The molecule has 138 valence electrons. The molecule has 0 aliphatic rings. The normalized spacial score (nSPS) is 10.4. The Bertz CT molecular complexity index is 853. The van der Waals surface area contributed by atoms with E-state index >= 15 is 0 Å². The van der Waals surface area contributed by atoms with Crippen molar-refractivity contribution < 1.29 is 14.3 Å². The van der Waals surface area contributed by atoms with Crippen LogP contribution in [0.4, 0.5) is 11.4 Å². The third-order valence-corrected chi connectivity index (χ3v) is 4.78. The van der Waals surface area contributed by atoms with Crippen LogP contribution < -0.4 is 15.0 Å². The summed E-state index contributed by atoms with van der Waals surface area (Å²) in [4.78, 5) is 26.0. The predicted octanol–water partition coefficient (Wildman–Crippen LogP) is 4.61. The summed E-state index contributed by atoms with van der Waals surface area (Å²) in [5.74, 6) is -0.174. The number of nitrogens with zero attached hydrogens (tertiary/aromatic N) is 1. The van der Waals surface area contributed by atoms with Crippen LogP contribution in [0.5, 0.6) is 5.75 Å². The van der Waals surface area contributed by atoms with Gasteiger partial charge in [-0.3, -0.25) is 9.59 Å². The molecule has 2 aromatic carbocycles. The predicted molar refractivity (Wildman–Crippen MR) is 106 cm³/mol. The van der Waals surface area contributed by atoms with Crippen LogP contribution >= 0.6 is 23.2 Å².